The molecule has 0 bridgehead atoms. The Morgan fingerprint density at radius 2 is 1.86 bits per heavy atom. The van der Waals surface area contributed by atoms with Crippen LogP contribution in [0, 0.1) is 0 Å². The maximum absolute atomic E-state index is 4.91. The van der Waals surface area contributed by atoms with Crippen LogP contribution in [0.5, 0.6) is 0 Å². The molecule has 1 aliphatic heterocycles. The van der Waals surface area contributed by atoms with Crippen LogP contribution < -0.4 is 0 Å². The van der Waals surface area contributed by atoms with E-state index in [1.807, 2.05) is 5.06 Å². The van der Waals surface area contributed by atoms with Gasteiger partial charge >= 0.3 is 0 Å². The molecule has 0 spiro atoms. The molecule has 0 aromatic rings. The highest BCUT2D eigenvalue weighted by atomic mass is 16.8. The molecule has 1 fully saturated rings. The standard InChI is InChI=1S/C5H11NO/c1-5(2,3)6-4-7-6/h4H2,1-3H3. The van der Waals surface area contributed by atoms with Gasteiger partial charge in [-0.05, 0) is 20.8 Å². The molecular formula is C5H11NO. The summed E-state index contributed by atoms with van der Waals surface area (Å²) in [4.78, 5) is 4.91. The Morgan fingerprint density at radius 1 is 1.43 bits per heavy atom. The summed E-state index contributed by atoms with van der Waals surface area (Å²) in [6.45, 7) is 7.18. The SMILES string of the molecule is CC(C)(C)N1CO1. The van der Waals surface area contributed by atoms with Gasteiger partial charge in [0.1, 0.15) is 6.73 Å². The van der Waals surface area contributed by atoms with Crippen molar-refractivity contribution in [2.75, 3.05) is 6.73 Å². The van der Waals surface area contributed by atoms with Crippen molar-refractivity contribution in [2.45, 2.75) is 26.3 Å². The van der Waals surface area contributed by atoms with Crippen LogP contribution in [-0.2, 0) is 4.84 Å². The van der Waals surface area contributed by atoms with Crippen molar-refractivity contribution in [1.29, 1.82) is 0 Å². The molecule has 1 saturated heterocycles. The van der Waals surface area contributed by atoms with E-state index in [0.29, 0.717) is 0 Å². The van der Waals surface area contributed by atoms with Gasteiger partial charge in [-0.15, -0.1) is 0 Å². The lowest BCUT2D eigenvalue weighted by atomic mass is 10.1. The first-order valence-electron chi connectivity index (χ1n) is 2.51. The van der Waals surface area contributed by atoms with E-state index in [-0.39, 0.29) is 5.54 Å². The fourth-order valence-electron chi connectivity index (χ4n) is 0.416. The fraction of sp³-hybridized carbons (Fsp3) is 1.00. The third kappa shape index (κ3) is 1.14. The van der Waals surface area contributed by atoms with Crippen LogP contribution >= 0.6 is 0 Å². The maximum atomic E-state index is 4.91. The summed E-state index contributed by atoms with van der Waals surface area (Å²) < 4.78 is 0. The van der Waals surface area contributed by atoms with Gasteiger partial charge in [-0.3, -0.25) is 4.84 Å². The van der Waals surface area contributed by atoms with Gasteiger partial charge in [0.2, 0.25) is 0 Å². The topological polar surface area (TPSA) is 15.5 Å². The quantitative estimate of drug-likeness (QED) is 0.423. The van der Waals surface area contributed by atoms with Crippen LogP contribution in [0.15, 0.2) is 0 Å². The highest BCUT2D eigenvalue weighted by molar-refractivity contribution is 4.71. The molecule has 1 rings (SSSR count). The number of hydrogen-bond donors (Lipinski definition) is 0. The monoisotopic (exact) mass is 101 g/mol. The predicted molar refractivity (Wildman–Crippen MR) is 27.5 cm³/mol. The Kier molecular flexibility index (Phi) is 0.869. The molecule has 0 aromatic heterocycles. The minimum Gasteiger partial charge on any atom is -0.278 e. The van der Waals surface area contributed by atoms with Crippen LogP contribution in [0.4, 0.5) is 0 Å². The van der Waals surface area contributed by atoms with Gasteiger partial charge in [-0.25, -0.2) is 0 Å². The summed E-state index contributed by atoms with van der Waals surface area (Å²) in [6.07, 6.45) is 0. The molecule has 2 nitrogen and oxygen atoms in total. The zero-order valence-corrected chi connectivity index (χ0v) is 5.06. The average Bonchev–Trinajstić information content (AvgIpc) is 1.99. The number of hydrogen-bond acceptors (Lipinski definition) is 2. The molecule has 0 aliphatic carbocycles. The summed E-state index contributed by atoms with van der Waals surface area (Å²) in [5, 5.41) is 1.94. The third-order valence-corrected chi connectivity index (χ3v) is 1.01. The molecule has 0 N–H and O–H groups in total. The zero-order valence-electron chi connectivity index (χ0n) is 5.06. The lowest BCUT2D eigenvalue weighted by Gasteiger charge is -2.14. The van der Waals surface area contributed by atoms with E-state index in [0.717, 1.165) is 6.73 Å². The molecule has 0 aromatic carbocycles. The van der Waals surface area contributed by atoms with Crippen molar-refractivity contribution in [3.8, 4) is 0 Å². The van der Waals surface area contributed by atoms with Gasteiger partial charge in [0, 0.05) is 5.54 Å². The van der Waals surface area contributed by atoms with Gasteiger partial charge in [0.05, 0.1) is 0 Å². The Labute approximate surface area is 44.0 Å². The molecule has 0 radical (unpaired) electrons. The molecule has 1 heterocycles. The Bertz CT molecular complexity index is 70.6. The molecule has 1 atom stereocenters. The minimum absolute atomic E-state index is 0.222. The number of rotatable bonds is 0. The molecule has 1 aliphatic rings. The number of hydroxylamine groups is 2. The second kappa shape index (κ2) is 1.20. The largest absolute Gasteiger partial charge is 0.278 e. The van der Waals surface area contributed by atoms with E-state index >= 15 is 0 Å². The molecule has 1 unspecified atom stereocenters. The molecular weight excluding hydrogens is 90.1 g/mol. The van der Waals surface area contributed by atoms with Crippen LogP contribution in [0.2, 0.25) is 0 Å². The van der Waals surface area contributed by atoms with E-state index < -0.39 is 0 Å². The first-order chi connectivity index (χ1) is 3.11. The molecule has 0 amide bonds. The van der Waals surface area contributed by atoms with E-state index in [1.54, 1.807) is 0 Å². The van der Waals surface area contributed by atoms with Crippen LogP contribution in [0.1, 0.15) is 20.8 Å². The second-order valence-electron chi connectivity index (χ2n) is 2.81. The van der Waals surface area contributed by atoms with Gasteiger partial charge in [0.25, 0.3) is 0 Å². The molecule has 0 saturated carbocycles. The Balaban J connectivity index is 2.36. The summed E-state index contributed by atoms with van der Waals surface area (Å²) >= 11 is 0. The van der Waals surface area contributed by atoms with E-state index in [9.17, 15) is 0 Å². The Hall–Kier alpha value is -0.0800. The fourth-order valence-corrected chi connectivity index (χ4v) is 0.416. The van der Waals surface area contributed by atoms with Crippen molar-refractivity contribution < 1.29 is 4.84 Å². The van der Waals surface area contributed by atoms with E-state index in [2.05, 4.69) is 20.8 Å². The predicted octanol–water partition coefficient (Wildman–Crippen LogP) is 0.990. The Morgan fingerprint density at radius 3 is 1.86 bits per heavy atom. The normalized spacial score (nSPS) is 30.4. The van der Waals surface area contributed by atoms with Crippen molar-refractivity contribution in [2.24, 2.45) is 0 Å². The molecule has 42 valence electrons. The van der Waals surface area contributed by atoms with Gasteiger partial charge in [-0.1, -0.05) is 0 Å². The highest BCUT2D eigenvalue weighted by Gasteiger charge is 2.31. The van der Waals surface area contributed by atoms with Crippen molar-refractivity contribution >= 4 is 0 Å². The van der Waals surface area contributed by atoms with Gasteiger partial charge < -0.3 is 0 Å². The minimum atomic E-state index is 0.222. The highest BCUT2D eigenvalue weighted by Crippen LogP contribution is 2.21. The molecule has 2 heteroatoms. The van der Waals surface area contributed by atoms with Gasteiger partial charge in [-0.2, -0.15) is 5.06 Å². The average molecular weight is 101 g/mol. The van der Waals surface area contributed by atoms with Crippen LogP contribution in [0.3, 0.4) is 0 Å². The first-order valence-corrected chi connectivity index (χ1v) is 2.51. The summed E-state index contributed by atoms with van der Waals surface area (Å²) in [6, 6.07) is 0. The van der Waals surface area contributed by atoms with Crippen LogP contribution in [0.25, 0.3) is 0 Å². The third-order valence-electron chi connectivity index (χ3n) is 1.01. The lowest BCUT2D eigenvalue weighted by molar-refractivity contribution is 0.101. The van der Waals surface area contributed by atoms with Gasteiger partial charge in [0.15, 0.2) is 0 Å². The number of nitrogens with zero attached hydrogens (tertiary/aromatic N) is 1. The molecule has 7 heavy (non-hydrogen) atoms. The van der Waals surface area contributed by atoms with Crippen molar-refractivity contribution in [1.82, 2.24) is 5.06 Å². The summed E-state index contributed by atoms with van der Waals surface area (Å²) in [5.41, 5.74) is 0.222. The van der Waals surface area contributed by atoms with Crippen LogP contribution in [-0.4, -0.2) is 17.3 Å². The summed E-state index contributed by atoms with van der Waals surface area (Å²) in [7, 11) is 0. The second-order valence-corrected chi connectivity index (χ2v) is 2.81. The van der Waals surface area contributed by atoms with E-state index in [4.69, 9.17) is 4.84 Å². The summed E-state index contributed by atoms with van der Waals surface area (Å²) in [5.74, 6) is 0. The van der Waals surface area contributed by atoms with E-state index in [1.165, 1.54) is 0 Å². The smallest absolute Gasteiger partial charge is 0.144 e. The van der Waals surface area contributed by atoms with Crippen molar-refractivity contribution in [3.05, 3.63) is 0 Å². The maximum Gasteiger partial charge on any atom is 0.144 e. The van der Waals surface area contributed by atoms with Crippen molar-refractivity contribution in [3.63, 3.8) is 0 Å². The zero-order chi connectivity index (χ0) is 5.49. The first kappa shape index (κ1) is 5.06. The lowest BCUT2D eigenvalue weighted by Crippen LogP contribution is -2.24.